The molecule has 0 bridgehead atoms. The number of aliphatic imine (C=N–C) groups is 1. The summed E-state index contributed by atoms with van der Waals surface area (Å²) in [5, 5.41) is 17.8. The van der Waals surface area contributed by atoms with Crippen LogP contribution in [0, 0.1) is 10.1 Å². The number of piperidine rings is 1. The Labute approximate surface area is 246 Å². The van der Waals surface area contributed by atoms with E-state index in [1.54, 1.807) is 4.90 Å². The van der Waals surface area contributed by atoms with E-state index >= 15 is 0 Å². The Bertz CT molecular complexity index is 1400. The van der Waals surface area contributed by atoms with Gasteiger partial charge in [0, 0.05) is 48.9 Å². The first-order valence-corrected chi connectivity index (χ1v) is 14.4. The number of hydrogen-bond donors (Lipinski definition) is 2. The lowest BCUT2D eigenvalue weighted by atomic mass is 9.94. The van der Waals surface area contributed by atoms with Crippen LogP contribution in [0.1, 0.15) is 48.7 Å². The highest BCUT2D eigenvalue weighted by Gasteiger charge is 2.46. The summed E-state index contributed by atoms with van der Waals surface area (Å²) in [6.45, 7) is 6.96. The molecule has 11 heteroatoms. The van der Waals surface area contributed by atoms with Gasteiger partial charge in [-0.05, 0) is 64.1 Å². The van der Waals surface area contributed by atoms with Crippen molar-refractivity contribution < 1.29 is 14.5 Å². The summed E-state index contributed by atoms with van der Waals surface area (Å²) in [6.07, 6.45) is 1.73. The average molecular weight is 574 g/mol. The molecule has 0 saturated carbocycles. The standard InChI is InChI=1S/C31H39N7O4/c1-31(2)26-17-32-28(25(26)19-37(31)30(40)34-27(20-35(3)4)21-9-6-5-7-10-21)33-23-11-8-16-36(18-23)29(39)22-12-14-24(15-13-22)38(41)42/h5-7,9-10,12-15,23,27H,8,11,16-20H2,1-4H3,(H,32,33)(H,34,40)/t23?,27-/m1/s1. The van der Waals surface area contributed by atoms with Gasteiger partial charge < -0.3 is 25.3 Å². The van der Waals surface area contributed by atoms with Crippen LogP contribution in [0.2, 0.25) is 0 Å². The lowest BCUT2D eigenvalue weighted by Crippen LogP contribution is -2.52. The van der Waals surface area contributed by atoms with E-state index in [1.807, 2.05) is 49.3 Å². The molecule has 0 aliphatic carbocycles. The predicted molar refractivity (Wildman–Crippen MR) is 162 cm³/mol. The number of carbonyl (C=O) groups excluding carboxylic acids is 2. The summed E-state index contributed by atoms with van der Waals surface area (Å²) >= 11 is 0. The zero-order chi connectivity index (χ0) is 30.0. The van der Waals surface area contributed by atoms with Crippen molar-refractivity contribution in [3.8, 4) is 0 Å². The largest absolute Gasteiger partial charge is 0.366 e. The fourth-order valence-corrected chi connectivity index (χ4v) is 6.09. The monoisotopic (exact) mass is 573 g/mol. The number of benzene rings is 2. The van der Waals surface area contributed by atoms with Gasteiger partial charge in [0.05, 0.1) is 29.6 Å². The van der Waals surface area contributed by atoms with Crippen molar-refractivity contribution in [3.05, 3.63) is 87.0 Å². The van der Waals surface area contributed by atoms with E-state index < -0.39 is 10.5 Å². The van der Waals surface area contributed by atoms with Crippen LogP contribution in [-0.2, 0) is 0 Å². The fourth-order valence-electron chi connectivity index (χ4n) is 6.09. The lowest BCUT2D eigenvalue weighted by Gasteiger charge is -2.36. The zero-order valence-electron chi connectivity index (χ0n) is 24.7. The molecular weight excluding hydrogens is 534 g/mol. The zero-order valence-corrected chi connectivity index (χ0v) is 24.7. The van der Waals surface area contributed by atoms with Gasteiger partial charge >= 0.3 is 6.03 Å². The first-order valence-electron chi connectivity index (χ1n) is 14.4. The summed E-state index contributed by atoms with van der Waals surface area (Å²) < 4.78 is 0. The van der Waals surface area contributed by atoms with Crippen molar-refractivity contribution in [2.45, 2.75) is 44.3 Å². The normalized spacial score (nSPS) is 20.3. The van der Waals surface area contributed by atoms with Crippen LogP contribution >= 0.6 is 0 Å². The average Bonchev–Trinajstić information content (AvgIpc) is 3.50. The first-order chi connectivity index (χ1) is 20.0. The maximum Gasteiger partial charge on any atom is 0.318 e. The Kier molecular flexibility index (Phi) is 8.31. The molecular formula is C31H39N7O4. The molecule has 11 nitrogen and oxygen atoms in total. The molecule has 222 valence electrons. The molecule has 2 aromatic rings. The van der Waals surface area contributed by atoms with Crippen LogP contribution in [0.15, 0.2) is 70.7 Å². The third kappa shape index (κ3) is 6.01. The molecule has 42 heavy (non-hydrogen) atoms. The number of urea groups is 1. The minimum atomic E-state index is -0.490. The van der Waals surface area contributed by atoms with Crippen LogP contribution in [0.5, 0.6) is 0 Å². The third-order valence-electron chi connectivity index (χ3n) is 8.44. The third-order valence-corrected chi connectivity index (χ3v) is 8.44. The van der Waals surface area contributed by atoms with Gasteiger partial charge in [-0.3, -0.25) is 19.9 Å². The summed E-state index contributed by atoms with van der Waals surface area (Å²) in [7, 11) is 4.00. The minimum absolute atomic E-state index is 0.0138. The number of carbonyl (C=O) groups is 2. The lowest BCUT2D eigenvalue weighted by molar-refractivity contribution is -0.384. The Morgan fingerprint density at radius 2 is 1.86 bits per heavy atom. The molecule has 0 spiro atoms. The molecule has 3 aliphatic rings. The Morgan fingerprint density at radius 3 is 2.52 bits per heavy atom. The van der Waals surface area contributed by atoms with Gasteiger partial charge in [-0.25, -0.2) is 4.79 Å². The maximum atomic E-state index is 13.7. The van der Waals surface area contributed by atoms with Gasteiger partial charge in [-0.15, -0.1) is 0 Å². The van der Waals surface area contributed by atoms with Gasteiger partial charge in [-0.1, -0.05) is 30.3 Å². The van der Waals surface area contributed by atoms with E-state index in [0.29, 0.717) is 38.3 Å². The van der Waals surface area contributed by atoms with Gasteiger partial charge in [0.2, 0.25) is 0 Å². The van der Waals surface area contributed by atoms with E-state index in [2.05, 4.69) is 29.4 Å². The number of nitrogens with zero attached hydrogens (tertiary/aromatic N) is 5. The molecule has 1 unspecified atom stereocenters. The fraction of sp³-hybridized carbons (Fsp3) is 0.452. The van der Waals surface area contributed by atoms with Crippen molar-refractivity contribution in [2.24, 2.45) is 4.99 Å². The number of likely N-dealkylation sites (tertiary alicyclic amines) is 1. The Hall–Kier alpha value is -4.25. The summed E-state index contributed by atoms with van der Waals surface area (Å²) in [5.74, 6) is 0.663. The van der Waals surface area contributed by atoms with Crippen LogP contribution in [-0.4, -0.2) is 95.8 Å². The number of amides is 3. The van der Waals surface area contributed by atoms with E-state index in [-0.39, 0.29) is 29.7 Å². The number of likely N-dealkylation sites (N-methyl/N-ethyl adjacent to an activating group) is 1. The highest BCUT2D eigenvalue weighted by Crippen LogP contribution is 2.38. The number of hydrogen-bond acceptors (Lipinski definition) is 7. The van der Waals surface area contributed by atoms with Crippen molar-refractivity contribution in [1.82, 2.24) is 25.3 Å². The van der Waals surface area contributed by atoms with Crippen LogP contribution in [0.3, 0.4) is 0 Å². The second kappa shape index (κ2) is 11.9. The molecule has 2 atom stereocenters. The van der Waals surface area contributed by atoms with Gasteiger partial charge in [-0.2, -0.15) is 0 Å². The van der Waals surface area contributed by atoms with Gasteiger partial charge in [0.25, 0.3) is 11.6 Å². The summed E-state index contributed by atoms with van der Waals surface area (Å²) in [4.78, 5) is 47.9. The van der Waals surface area contributed by atoms with Gasteiger partial charge in [0.15, 0.2) is 0 Å². The van der Waals surface area contributed by atoms with Crippen molar-refractivity contribution in [1.29, 1.82) is 0 Å². The molecule has 3 amide bonds. The molecule has 0 aromatic heterocycles. The SMILES string of the molecule is CN(C)C[C@@H](NC(=O)N1CC2=C(CN=C2NC2CCCN(C(=O)c3ccc([N+](=O)[O-])cc3)C2)C1(C)C)c1ccccc1. The van der Waals surface area contributed by atoms with E-state index in [9.17, 15) is 19.7 Å². The predicted octanol–water partition coefficient (Wildman–Crippen LogP) is 3.60. The molecule has 3 aliphatic heterocycles. The number of nitrogens with one attached hydrogen (secondary N) is 2. The quantitative estimate of drug-likeness (QED) is 0.385. The Balaban J connectivity index is 1.23. The minimum Gasteiger partial charge on any atom is -0.366 e. The van der Waals surface area contributed by atoms with Crippen LogP contribution in [0.4, 0.5) is 10.5 Å². The van der Waals surface area contributed by atoms with Crippen molar-refractivity contribution in [3.63, 3.8) is 0 Å². The second-order valence-corrected chi connectivity index (χ2v) is 12.0. The maximum absolute atomic E-state index is 13.7. The van der Waals surface area contributed by atoms with Crippen molar-refractivity contribution in [2.75, 3.05) is 46.8 Å². The van der Waals surface area contributed by atoms with Gasteiger partial charge in [0.1, 0.15) is 5.84 Å². The molecule has 0 radical (unpaired) electrons. The topological polar surface area (TPSA) is 123 Å². The number of nitro groups is 1. The molecule has 3 heterocycles. The van der Waals surface area contributed by atoms with Crippen molar-refractivity contribution >= 4 is 23.5 Å². The number of nitro benzene ring substituents is 1. The highest BCUT2D eigenvalue weighted by atomic mass is 16.6. The Morgan fingerprint density at radius 1 is 1.14 bits per heavy atom. The number of rotatable bonds is 7. The smallest absolute Gasteiger partial charge is 0.318 e. The van der Waals surface area contributed by atoms with E-state index in [4.69, 9.17) is 4.99 Å². The van der Waals surface area contributed by atoms with Crippen LogP contribution in [0.25, 0.3) is 0 Å². The molecule has 1 saturated heterocycles. The van der Waals surface area contributed by atoms with E-state index in [0.717, 1.165) is 35.4 Å². The molecule has 2 N–H and O–H groups in total. The van der Waals surface area contributed by atoms with E-state index in [1.165, 1.54) is 24.3 Å². The summed E-state index contributed by atoms with van der Waals surface area (Å²) in [6, 6.07) is 15.5. The highest BCUT2D eigenvalue weighted by molar-refractivity contribution is 6.03. The molecule has 5 rings (SSSR count). The summed E-state index contributed by atoms with van der Waals surface area (Å²) in [5.41, 5.74) is 3.16. The number of non-ortho nitro benzene ring substituents is 1. The van der Waals surface area contributed by atoms with Crippen LogP contribution < -0.4 is 10.6 Å². The number of amidine groups is 1. The second-order valence-electron chi connectivity index (χ2n) is 12.0. The molecule has 2 aromatic carbocycles. The molecule has 1 fully saturated rings. The first kappa shape index (κ1) is 29.2.